The van der Waals surface area contributed by atoms with Gasteiger partial charge in [0, 0.05) is 25.5 Å². The third-order valence-electron chi connectivity index (χ3n) is 2.35. The summed E-state index contributed by atoms with van der Waals surface area (Å²) in [6.45, 7) is 3.95. The Balaban J connectivity index is 2.64. The van der Waals surface area contributed by atoms with Gasteiger partial charge in [0.15, 0.2) is 0 Å². The molecule has 1 aromatic carbocycles. The molecule has 0 saturated heterocycles. The van der Waals surface area contributed by atoms with Crippen LogP contribution in [0.5, 0.6) is 0 Å². The summed E-state index contributed by atoms with van der Waals surface area (Å²) in [5, 5.41) is 0.673. The van der Waals surface area contributed by atoms with Gasteiger partial charge >= 0.3 is 0 Å². The molecule has 0 heterocycles. The number of anilines is 1. The quantitative estimate of drug-likeness (QED) is 0.589. The molecule has 0 fully saturated rings. The maximum absolute atomic E-state index is 13.7. The molecule has 1 aromatic rings. The van der Waals surface area contributed by atoms with E-state index in [0.29, 0.717) is 30.8 Å². The average Bonchev–Trinajstić information content (AvgIpc) is 2.29. The van der Waals surface area contributed by atoms with Gasteiger partial charge in [0.25, 0.3) is 0 Å². The average molecular weight is 290 g/mol. The highest BCUT2D eigenvalue weighted by Crippen LogP contribution is 2.20. The van der Waals surface area contributed by atoms with Gasteiger partial charge in [0.2, 0.25) is 0 Å². The fourth-order valence-corrected chi connectivity index (χ4v) is 1.76. The first-order chi connectivity index (χ1) is 7.69. The van der Waals surface area contributed by atoms with Crippen LogP contribution in [-0.4, -0.2) is 26.8 Å². The van der Waals surface area contributed by atoms with E-state index in [-0.39, 0.29) is 5.82 Å². The third-order valence-corrected chi connectivity index (χ3v) is 3.00. The van der Waals surface area contributed by atoms with Crippen LogP contribution in [0.15, 0.2) is 18.2 Å². The van der Waals surface area contributed by atoms with Crippen LogP contribution in [0.4, 0.5) is 10.1 Å². The zero-order chi connectivity index (χ0) is 12.0. The van der Waals surface area contributed by atoms with Gasteiger partial charge < -0.3 is 9.64 Å². The number of alkyl halides is 1. The Morgan fingerprint density at radius 2 is 2.19 bits per heavy atom. The van der Waals surface area contributed by atoms with E-state index in [2.05, 4.69) is 15.9 Å². The number of likely N-dealkylation sites (N-methyl/N-ethyl adjacent to an activating group) is 1. The molecule has 0 aliphatic rings. The van der Waals surface area contributed by atoms with Crippen molar-refractivity contribution < 1.29 is 9.13 Å². The molecule has 0 N–H and O–H groups in total. The van der Waals surface area contributed by atoms with Crippen molar-refractivity contribution in [2.75, 3.05) is 31.7 Å². The molecule has 0 radical (unpaired) electrons. The van der Waals surface area contributed by atoms with Crippen LogP contribution in [0.25, 0.3) is 0 Å². The lowest BCUT2D eigenvalue weighted by Crippen LogP contribution is -2.23. The van der Waals surface area contributed by atoms with E-state index < -0.39 is 0 Å². The van der Waals surface area contributed by atoms with E-state index in [1.807, 2.05) is 24.9 Å². The highest BCUT2D eigenvalue weighted by Gasteiger charge is 2.07. The molecular weight excluding hydrogens is 273 g/mol. The zero-order valence-corrected chi connectivity index (χ0v) is 11.3. The summed E-state index contributed by atoms with van der Waals surface area (Å²) in [6.07, 6.45) is 0. The lowest BCUT2D eigenvalue weighted by Gasteiger charge is -2.20. The van der Waals surface area contributed by atoms with E-state index in [9.17, 15) is 4.39 Å². The fourth-order valence-electron chi connectivity index (χ4n) is 1.41. The summed E-state index contributed by atoms with van der Waals surface area (Å²) in [7, 11) is 1.87. The summed E-state index contributed by atoms with van der Waals surface area (Å²) >= 11 is 3.30. The molecule has 0 saturated carbocycles. The molecule has 0 aromatic heterocycles. The van der Waals surface area contributed by atoms with Crippen LogP contribution in [0.1, 0.15) is 12.5 Å². The van der Waals surface area contributed by atoms with E-state index >= 15 is 0 Å². The Bertz CT molecular complexity index is 333. The molecular formula is C12H17BrFNO. The smallest absolute Gasteiger partial charge is 0.146 e. The Morgan fingerprint density at radius 3 is 2.75 bits per heavy atom. The minimum absolute atomic E-state index is 0.184. The van der Waals surface area contributed by atoms with E-state index in [1.165, 1.54) is 0 Å². The molecule has 0 unspecified atom stereocenters. The second kappa shape index (κ2) is 6.86. The summed E-state index contributed by atoms with van der Waals surface area (Å²) in [5.41, 5.74) is 1.56. The maximum atomic E-state index is 13.7. The lowest BCUT2D eigenvalue weighted by atomic mass is 10.2. The van der Waals surface area contributed by atoms with Crippen LogP contribution in [0.2, 0.25) is 0 Å². The molecule has 0 amide bonds. The van der Waals surface area contributed by atoms with Gasteiger partial charge in [-0.05, 0) is 24.6 Å². The van der Waals surface area contributed by atoms with Crippen LogP contribution in [0.3, 0.4) is 0 Å². The van der Waals surface area contributed by atoms with E-state index in [0.717, 1.165) is 5.56 Å². The van der Waals surface area contributed by atoms with Gasteiger partial charge in [-0.2, -0.15) is 0 Å². The lowest BCUT2D eigenvalue weighted by molar-refractivity contribution is 0.154. The first-order valence-corrected chi connectivity index (χ1v) is 6.44. The number of hydrogen-bond acceptors (Lipinski definition) is 2. The van der Waals surface area contributed by atoms with Gasteiger partial charge in [0.05, 0.1) is 12.3 Å². The number of benzene rings is 1. The van der Waals surface area contributed by atoms with Crippen molar-refractivity contribution in [3.8, 4) is 0 Å². The molecule has 2 nitrogen and oxygen atoms in total. The largest absolute Gasteiger partial charge is 0.380 e. The Morgan fingerprint density at radius 1 is 1.44 bits per heavy atom. The standard InChI is InChI=1S/C12H17BrFNO/c1-3-16-7-6-15(2)12-5-4-10(9-13)8-11(12)14/h4-5,8H,3,6-7,9H2,1-2H3. The second-order valence-electron chi connectivity index (χ2n) is 3.54. The number of rotatable bonds is 6. The number of hydrogen-bond donors (Lipinski definition) is 0. The molecule has 0 spiro atoms. The third kappa shape index (κ3) is 3.76. The van der Waals surface area contributed by atoms with Crippen LogP contribution in [0, 0.1) is 5.82 Å². The van der Waals surface area contributed by atoms with Gasteiger partial charge in [0.1, 0.15) is 5.82 Å². The SMILES string of the molecule is CCOCCN(C)c1ccc(CBr)cc1F. The van der Waals surface area contributed by atoms with Crippen molar-refractivity contribution in [3.63, 3.8) is 0 Å². The highest BCUT2D eigenvalue weighted by atomic mass is 79.9. The van der Waals surface area contributed by atoms with Crippen LogP contribution in [-0.2, 0) is 10.1 Å². The van der Waals surface area contributed by atoms with Crippen molar-refractivity contribution in [2.45, 2.75) is 12.3 Å². The second-order valence-corrected chi connectivity index (χ2v) is 4.10. The normalized spacial score (nSPS) is 10.5. The predicted octanol–water partition coefficient (Wildman–Crippen LogP) is 3.19. The molecule has 0 aliphatic carbocycles. The first-order valence-electron chi connectivity index (χ1n) is 5.32. The molecule has 0 atom stereocenters. The fraction of sp³-hybridized carbons (Fsp3) is 0.500. The number of nitrogens with zero attached hydrogens (tertiary/aromatic N) is 1. The molecule has 1 rings (SSSR count). The van der Waals surface area contributed by atoms with E-state index in [4.69, 9.17) is 4.74 Å². The van der Waals surface area contributed by atoms with Crippen molar-refractivity contribution in [1.82, 2.24) is 0 Å². The molecule has 90 valence electrons. The molecule has 4 heteroatoms. The van der Waals surface area contributed by atoms with Crippen molar-refractivity contribution in [1.29, 1.82) is 0 Å². The molecule has 0 aliphatic heterocycles. The Labute approximate surface area is 105 Å². The van der Waals surface area contributed by atoms with Gasteiger partial charge in [-0.25, -0.2) is 4.39 Å². The van der Waals surface area contributed by atoms with Crippen LogP contribution >= 0.6 is 15.9 Å². The summed E-state index contributed by atoms with van der Waals surface area (Å²) in [4.78, 5) is 1.86. The Hall–Kier alpha value is -0.610. The number of halogens is 2. The number of ether oxygens (including phenoxy) is 1. The minimum atomic E-state index is -0.184. The Kier molecular flexibility index (Phi) is 5.77. The van der Waals surface area contributed by atoms with Gasteiger partial charge in [-0.1, -0.05) is 22.0 Å². The van der Waals surface area contributed by atoms with Crippen molar-refractivity contribution in [3.05, 3.63) is 29.6 Å². The van der Waals surface area contributed by atoms with Crippen molar-refractivity contribution in [2.24, 2.45) is 0 Å². The molecule has 0 bridgehead atoms. The zero-order valence-electron chi connectivity index (χ0n) is 9.67. The van der Waals surface area contributed by atoms with Gasteiger partial charge in [-0.15, -0.1) is 0 Å². The molecule has 16 heavy (non-hydrogen) atoms. The highest BCUT2D eigenvalue weighted by molar-refractivity contribution is 9.08. The summed E-state index contributed by atoms with van der Waals surface area (Å²) in [6, 6.07) is 5.28. The minimum Gasteiger partial charge on any atom is -0.380 e. The van der Waals surface area contributed by atoms with Crippen molar-refractivity contribution >= 4 is 21.6 Å². The van der Waals surface area contributed by atoms with E-state index in [1.54, 1.807) is 12.1 Å². The summed E-state index contributed by atoms with van der Waals surface area (Å²) < 4.78 is 18.9. The topological polar surface area (TPSA) is 12.5 Å². The maximum Gasteiger partial charge on any atom is 0.146 e. The monoisotopic (exact) mass is 289 g/mol. The summed E-state index contributed by atoms with van der Waals surface area (Å²) in [5.74, 6) is -0.184. The predicted molar refractivity (Wildman–Crippen MR) is 68.8 cm³/mol. The first kappa shape index (κ1) is 13.5. The van der Waals surface area contributed by atoms with Gasteiger partial charge in [-0.3, -0.25) is 0 Å². The van der Waals surface area contributed by atoms with Crippen LogP contribution < -0.4 is 4.90 Å².